The molecule has 0 spiro atoms. The lowest BCUT2D eigenvalue weighted by molar-refractivity contribution is 0.588. The second-order valence-corrected chi connectivity index (χ2v) is 4.75. The van der Waals surface area contributed by atoms with Gasteiger partial charge in [-0.1, -0.05) is 30.0 Å². The Labute approximate surface area is 84.3 Å². The van der Waals surface area contributed by atoms with E-state index in [0.717, 1.165) is 0 Å². The van der Waals surface area contributed by atoms with Crippen LogP contribution in [0.4, 0.5) is 0 Å². The molecule has 70 valence electrons. The molecule has 0 radical (unpaired) electrons. The number of thioether (sulfide) groups is 1. The zero-order valence-electron chi connectivity index (χ0n) is 8.32. The standard InChI is InChI=1S/C11H15NS/c1-11(2,3)12-9-13-10-7-5-4-6-8-10/h4-9H,1-3H3. The molecule has 2 heteroatoms. The lowest BCUT2D eigenvalue weighted by Crippen LogP contribution is -2.08. The van der Waals surface area contributed by atoms with Crippen molar-refractivity contribution in [3.63, 3.8) is 0 Å². The molecule has 0 saturated heterocycles. The molecule has 0 heterocycles. The SMILES string of the molecule is CC(C)(C)N=CSc1ccccc1. The molecule has 1 aromatic carbocycles. The van der Waals surface area contributed by atoms with Crippen LogP contribution >= 0.6 is 11.8 Å². The molecule has 0 fully saturated rings. The molecular formula is C11H15NS. The van der Waals surface area contributed by atoms with Crippen molar-refractivity contribution in [2.75, 3.05) is 0 Å². The molecule has 0 saturated carbocycles. The molecule has 0 aliphatic carbocycles. The Kier molecular flexibility index (Phi) is 3.55. The first kappa shape index (κ1) is 10.3. The first-order chi connectivity index (χ1) is 6.08. The van der Waals surface area contributed by atoms with Gasteiger partial charge in [0.05, 0.1) is 11.1 Å². The summed E-state index contributed by atoms with van der Waals surface area (Å²) in [6.07, 6.45) is 0. The number of nitrogens with zero attached hydrogens (tertiary/aromatic N) is 1. The lowest BCUT2D eigenvalue weighted by atomic mass is 10.1. The zero-order chi connectivity index (χ0) is 9.73. The Bertz CT molecular complexity index is 272. The first-order valence-electron chi connectivity index (χ1n) is 4.33. The van der Waals surface area contributed by atoms with Gasteiger partial charge in [-0.25, -0.2) is 0 Å². The highest BCUT2D eigenvalue weighted by Crippen LogP contribution is 2.16. The lowest BCUT2D eigenvalue weighted by Gasteiger charge is -2.10. The largest absolute Gasteiger partial charge is 0.280 e. The highest BCUT2D eigenvalue weighted by Gasteiger charge is 2.04. The van der Waals surface area contributed by atoms with Gasteiger partial charge >= 0.3 is 0 Å². The smallest absolute Gasteiger partial charge is 0.0595 e. The third-order valence-electron chi connectivity index (χ3n) is 1.37. The maximum absolute atomic E-state index is 4.39. The average molecular weight is 193 g/mol. The van der Waals surface area contributed by atoms with Crippen LogP contribution in [-0.4, -0.2) is 11.1 Å². The van der Waals surface area contributed by atoms with Gasteiger partial charge < -0.3 is 0 Å². The predicted molar refractivity (Wildman–Crippen MR) is 60.5 cm³/mol. The van der Waals surface area contributed by atoms with Crippen LogP contribution in [0.15, 0.2) is 40.2 Å². The van der Waals surface area contributed by atoms with Crippen LogP contribution in [-0.2, 0) is 0 Å². The predicted octanol–water partition coefficient (Wildman–Crippen LogP) is 3.61. The van der Waals surface area contributed by atoms with Crippen molar-refractivity contribution >= 4 is 17.3 Å². The van der Waals surface area contributed by atoms with Crippen LogP contribution in [0, 0.1) is 0 Å². The minimum Gasteiger partial charge on any atom is -0.280 e. The van der Waals surface area contributed by atoms with E-state index in [9.17, 15) is 0 Å². The van der Waals surface area contributed by atoms with E-state index in [2.05, 4.69) is 37.9 Å². The number of aliphatic imine (C=N–C) groups is 1. The molecule has 0 amide bonds. The summed E-state index contributed by atoms with van der Waals surface area (Å²) in [7, 11) is 0. The fourth-order valence-electron chi connectivity index (χ4n) is 0.744. The molecule has 1 rings (SSSR count). The first-order valence-corrected chi connectivity index (χ1v) is 5.21. The summed E-state index contributed by atoms with van der Waals surface area (Å²) < 4.78 is 0. The van der Waals surface area contributed by atoms with Crippen molar-refractivity contribution in [1.82, 2.24) is 0 Å². The van der Waals surface area contributed by atoms with Gasteiger partial charge in [0.25, 0.3) is 0 Å². The monoisotopic (exact) mass is 193 g/mol. The Hall–Kier alpha value is -0.760. The summed E-state index contributed by atoms with van der Waals surface area (Å²) in [6, 6.07) is 10.3. The van der Waals surface area contributed by atoms with Gasteiger partial charge in [-0.05, 0) is 32.9 Å². The third-order valence-corrected chi connectivity index (χ3v) is 2.13. The van der Waals surface area contributed by atoms with E-state index < -0.39 is 0 Å². The van der Waals surface area contributed by atoms with Gasteiger partial charge in [-0.2, -0.15) is 0 Å². The van der Waals surface area contributed by atoms with E-state index in [1.165, 1.54) is 4.90 Å². The normalized spacial score (nSPS) is 12.2. The van der Waals surface area contributed by atoms with Gasteiger partial charge in [0.2, 0.25) is 0 Å². The molecule has 13 heavy (non-hydrogen) atoms. The molecule has 0 unspecified atom stereocenters. The van der Waals surface area contributed by atoms with Crippen LogP contribution in [0.3, 0.4) is 0 Å². The number of hydrogen-bond donors (Lipinski definition) is 0. The minimum atomic E-state index is 0.0295. The van der Waals surface area contributed by atoms with Gasteiger partial charge in [0.1, 0.15) is 0 Å². The van der Waals surface area contributed by atoms with Gasteiger partial charge in [-0.15, -0.1) is 0 Å². The average Bonchev–Trinajstić information content (AvgIpc) is 2.04. The van der Waals surface area contributed by atoms with Crippen LogP contribution in [0.1, 0.15) is 20.8 Å². The van der Waals surface area contributed by atoms with Gasteiger partial charge in [0.15, 0.2) is 0 Å². The fourth-order valence-corrected chi connectivity index (χ4v) is 1.55. The van der Waals surface area contributed by atoms with E-state index in [1.807, 2.05) is 23.7 Å². The Morgan fingerprint density at radius 1 is 1.15 bits per heavy atom. The second-order valence-electron chi connectivity index (χ2n) is 3.84. The van der Waals surface area contributed by atoms with Crippen molar-refractivity contribution < 1.29 is 0 Å². The van der Waals surface area contributed by atoms with E-state index in [0.29, 0.717) is 0 Å². The maximum Gasteiger partial charge on any atom is 0.0595 e. The summed E-state index contributed by atoms with van der Waals surface area (Å²) in [5.41, 5.74) is 1.94. The Morgan fingerprint density at radius 3 is 2.31 bits per heavy atom. The minimum absolute atomic E-state index is 0.0295. The molecule has 0 N–H and O–H groups in total. The maximum atomic E-state index is 4.39. The summed E-state index contributed by atoms with van der Waals surface area (Å²) in [5, 5.41) is 0. The van der Waals surface area contributed by atoms with Crippen LogP contribution < -0.4 is 0 Å². The molecule has 0 aromatic heterocycles. The van der Waals surface area contributed by atoms with Crippen LogP contribution in [0.2, 0.25) is 0 Å². The van der Waals surface area contributed by atoms with Gasteiger partial charge in [-0.3, -0.25) is 4.99 Å². The van der Waals surface area contributed by atoms with E-state index in [4.69, 9.17) is 0 Å². The van der Waals surface area contributed by atoms with Crippen molar-refractivity contribution in [1.29, 1.82) is 0 Å². The molecule has 0 atom stereocenters. The van der Waals surface area contributed by atoms with Crippen molar-refractivity contribution in [2.45, 2.75) is 31.2 Å². The summed E-state index contributed by atoms with van der Waals surface area (Å²) >= 11 is 1.66. The van der Waals surface area contributed by atoms with Crippen molar-refractivity contribution in [3.8, 4) is 0 Å². The second kappa shape index (κ2) is 4.47. The highest BCUT2D eigenvalue weighted by molar-refractivity contribution is 8.12. The summed E-state index contributed by atoms with van der Waals surface area (Å²) in [6.45, 7) is 6.28. The molecule has 0 bridgehead atoms. The topological polar surface area (TPSA) is 12.4 Å². The molecule has 0 aliphatic rings. The van der Waals surface area contributed by atoms with Crippen molar-refractivity contribution in [2.24, 2.45) is 4.99 Å². The molecule has 1 aromatic rings. The molecule has 1 nitrogen and oxygen atoms in total. The van der Waals surface area contributed by atoms with E-state index >= 15 is 0 Å². The number of rotatable bonds is 2. The quantitative estimate of drug-likeness (QED) is 0.397. The highest BCUT2D eigenvalue weighted by atomic mass is 32.2. The zero-order valence-corrected chi connectivity index (χ0v) is 9.14. The molecular weight excluding hydrogens is 178 g/mol. The Morgan fingerprint density at radius 2 is 1.77 bits per heavy atom. The van der Waals surface area contributed by atoms with E-state index in [1.54, 1.807) is 11.8 Å². The van der Waals surface area contributed by atoms with Gasteiger partial charge in [0, 0.05) is 4.90 Å². The van der Waals surface area contributed by atoms with Crippen molar-refractivity contribution in [3.05, 3.63) is 30.3 Å². The van der Waals surface area contributed by atoms with Crippen LogP contribution in [0.25, 0.3) is 0 Å². The van der Waals surface area contributed by atoms with Crippen LogP contribution in [0.5, 0.6) is 0 Å². The third kappa shape index (κ3) is 4.73. The summed E-state index contributed by atoms with van der Waals surface area (Å²) in [4.78, 5) is 5.62. The Balaban J connectivity index is 2.49. The van der Waals surface area contributed by atoms with E-state index in [-0.39, 0.29) is 5.54 Å². The molecule has 0 aliphatic heterocycles. The summed E-state index contributed by atoms with van der Waals surface area (Å²) in [5.74, 6) is 0. The number of benzene rings is 1. The number of hydrogen-bond acceptors (Lipinski definition) is 2. The fraction of sp³-hybridized carbons (Fsp3) is 0.364.